The first kappa shape index (κ1) is 12.2. The van der Waals surface area contributed by atoms with Crippen molar-refractivity contribution < 1.29 is 19.4 Å². The number of carbonyl (C=O) groups excluding carboxylic acids is 1. The molecule has 4 nitrogen and oxygen atoms in total. The van der Waals surface area contributed by atoms with Crippen molar-refractivity contribution in [3.63, 3.8) is 0 Å². The monoisotopic (exact) mass is 214 g/mol. The molecule has 0 saturated heterocycles. The van der Waals surface area contributed by atoms with E-state index in [-0.39, 0.29) is 18.0 Å². The maximum Gasteiger partial charge on any atom is 0.333 e. The van der Waals surface area contributed by atoms with Crippen LogP contribution in [0.2, 0.25) is 0 Å². The molecular formula is C11H18O4. The highest BCUT2D eigenvalue weighted by Gasteiger charge is 2.31. The third kappa shape index (κ3) is 2.79. The standard InChI is InChI=1S/C11H18O4/c1-4-15-11(13)8-5-9(12)7(2)10(6-8)14-3/h6-7,9-10,12H,4-5H2,1-3H3/t7-,9+,10-/m1/s1. The molecular weight excluding hydrogens is 196 g/mol. The average molecular weight is 214 g/mol. The Morgan fingerprint density at radius 1 is 1.67 bits per heavy atom. The van der Waals surface area contributed by atoms with Gasteiger partial charge in [0.1, 0.15) is 0 Å². The molecule has 0 heterocycles. The van der Waals surface area contributed by atoms with Gasteiger partial charge in [0, 0.05) is 25.0 Å². The van der Waals surface area contributed by atoms with Crippen molar-refractivity contribution in [2.24, 2.45) is 5.92 Å². The largest absolute Gasteiger partial charge is 0.463 e. The summed E-state index contributed by atoms with van der Waals surface area (Å²) in [5.74, 6) is -0.348. The van der Waals surface area contributed by atoms with E-state index in [0.717, 1.165) is 0 Å². The van der Waals surface area contributed by atoms with Gasteiger partial charge in [-0.2, -0.15) is 0 Å². The molecule has 0 aromatic carbocycles. The van der Waals surface area contributed by atoms with Gasteiger partial charge in [-0.1, -0.05) is 6.92 Å². The van der Waals surface area contributed by atoms with Crippen molar-refractivity contribution in [1.82, 2.24) is 0 Å². The molecule has 3 atom stereocenters. The summed E-state index contributed by atoms with van der Waals surface area (Å²) in [6.07, 6.45) is 1.34. The molecule has 0 aliphatic heterocycles. The van der Waals surface area contributed by atoms with E-state index in [1.54, 1.807) is 20.1 Å². The fraction of sp³-hybridized carbons (Fsp3) is 0.727. The molecule has 1 aliphatic carbocycles. The van der Waals surface area contributed by atoms with Crippen molar-refractivity contribution in [2.75, 3.05) is 13.7 Å². The number of esters is 1. The van der Waals surface area contributed by atoms with Crippen LogP contribution in [0.15, 0.2) is 11.6 Å². The Balaban J connectivity index is 2.77. The molecule has 0 amide bonds. The second-order valence-electron chi connectivity index (χ2n) is 3.74. The van der Waals surface area contributed by atoms with Gasteiger partial charge in [-0.25, -0.2) is 4.79 Å². The molecule has 15 heavy (non-hydrogen) atoms. The predicted molar refractivity (Wildman–Crippen MR) is 55.3 cm³/mol. The molecule has 0 aromatic rings. The van der Waals surface area contributed by atoms with Gasteiger partial charge >= 0.3 is 5.97 Å². The van der Waals surface area contributed by atoms with Crippen molar-refractivity contribution in [3.8, 4) is 0 Å². The third-order valence-corrected chi connectivity index (χ3v) is 2.73. The molecule has 1 rings (SSSR count). The van der Waals surface area contributed by atoms with E-state index in [1.165, 1.54) is 0 Å². The molecule has 0 radical (unpaired) electrons. The summed E-state index contributed by atoms with van der Waals surface area (Å²) in [5, 5.41) is 9.74. The zero-order valence-corrected chi connectivity index (χ0v) is 9.40. The molecule has 4 heteroatoms. The number of aliphatic hydroxyl groups is 1. The highest BCUT2D eigenvalue weighted by Crippen LogP contribution is 2.26. The second kappa shape index (κ2) is 5.28. The summed E-state index contributed by atoms with van der Waals surface area (Å²) in [6, 6.07) is 0. The first-order valence-corrected chi connectivity index (χ1v) is 5.18. The summed E-state index contributed by atoms with van der Waals surface area (Å²) in [4.78, 5) is 11.5. The van der Waals surface area contributed by atoms with Gasteiger partial charge in [-0.3, -0.25) is 0 Å². The van der Waals surface area contributed by atoms with E-state index in [0.29, 0.717) is 18.6 Å². The van der Waals surface area contributed by atoms with E-state index in [1.807, 2.05) is 6.92 Å². The zero-order chi connectivity index (χ0) is 11.4. The molecule has 0 unspecified atom stereocenters. The molecule has 1 N–H and O–H groups in total. The molecule has 1 aliphatic rings. The van der Waals surface area contributed by atoms with Crippen molar-refractivity contribution in [2.45, 2.75) is 32.5 Å². The number of hydrogen-bond acceptors (Lipinski definition) is 4. The van der Waals surface area contributed by atoms with Crippen LogP contribution >= 0.6 is 0 Å². The Morgan fingerprint density at radius 3 is 2.87 bits per heavy atom. The van der Waals surface area contributed by atoms with Crippen molar-refractivity contribution >= 4 is 5.97 Å². The molecule has 0 fully saturated rings. The summed E-state index contributed by atoms with van der Waals surface area (Å²) >= 11 is 0. The smallest absolute Gasteiger partial charge is 0.333 e. The quantitative estimate of drug-likeness (QED) is 0.709. The van der Waals surface area contributed by atoms with Crippen molar-refractivity contribution in [1.29, 1.82) is 0 Å². The van der Waals surface area contributed by atoms with Crippen LogP contribution in [0.3, 0.4) is 0 Å². The van der Waals surface area contributed by atoms with Gasteiger partial charge < -0.3 is 14.6 Å². The van der Waals surface area contributed by atoms with Crippen molar-refractivity contribution in [3.05, 3.63) is 11.6 Å². The highest BCUT2D eigenvalue weighted by molar-refractivity contribution is 5.88. The van der Waals surface area contributed by atoms with Crippen LogP contribution in [0.1, 0.15) is 20.3 Å². The summed E-state index contributed by atoms with van der Waals surface area (Å²) in [5.41, 5.74) is 0.509. The number of carbonyl (C=O) groups is 1. The Morgan fingerprint density at radius 2 is 2.33 bits per heavy atom. The maximum atomic E-state index is 11.5. The Hall–Kier alpha value is -0.870. The van der Waals surface area contributed by atoms with Crippen LogP contribution in [0.4, 0.5) is 0 Å². The maximum absolute atomic E-state index is 11.5. The lowest BCUT2D eigenvalue weighted by molar-refractivity contribution is -0.139. The van der Waals surface area contributed by atoms with E-state index < -0.39 is 6.10 Å². The molecule has 0 bridgehead atoms. The SMILES string of the molecule is CCOC(=O)C1=C[C@@H](OC)[C@H](C)[C@@H](O)C1. The van der Waals surface area contributed by atoms with Crippen LogP contribution in [0, 0.1) is 5.92 Å². The topological polar surface area (TPSA) is 55.8 Å². The van der Waals surface area contributed by atoms with E-state index in [4.69, 9.17) is 9.47 Å². The van der Waals surface area contributed by atoms with Gasteiger partial charge in [-0.15, -0.1) is 0 Å². The van der Waals surface area contributed by atoms with Gasteiger partial charge in [0.15, 0.2) is 0 Å². The van der Waals surface area contributed by atoms with Gasteiger partial charge in [0.2, 0.25) is 0 Å². The third-order valence-electron chi connectivity index (χ3n) is 2.73. The van der Waals surface area contributed by atoms with Gasteiger partial charge in [-0.05, 0) is 13.0 Å². The fourth-order valence-electron chi connectivity index (χ4n) is 1.71. The Bertz CT molecular complexity index is 259. The van der Waals surface area contributed by atoms with E-state index in [2.05, 4.69) is 0 Å². The number of hydrogen-bond donors (Lipinski definition) is 1. The molecule has 0 saturated carbocycles. The number of aliphatic hydroxyl groups excluding tert-OH is 1. The lowest BCUT2D eigenvalue weighted by Gasteiger charge is -2.30. The Labute approximate surface area is 89.9 Å². The van der Waals surface area contributed by atoms with Crippen LogP contribution in [0.25, 0.3) is 0 Å². The fourth-order valence-corrected chi connectivity index (χ4v) is 1.71. The lowest BCUT2D eigenvalue weighted by Crippen LogP contribution is -2.35. The minimum Gasteiger partial charge on any atom is -0.463 e. The number of methoxy groups -OCH3 is 1. The number of ether oxygens (including phenoxy) is 2. The summed E-state index contributed by atoms with van der Waals surface area (Å²) in [7, 11) is 1.57. The summed E-state index contributed by atoms with van der Waals surface area (Å²) in [6.45, 7) is 4.00. The minimum atomic E-state index is -0.542. The predicted octanol–water partition coefficient (Wildman–Crippen LogP) is 0.892. The zero-order valence-electron chi connectivity index (χ0n) is 9.40. The normalized spacial score (nSPS) is 30.9. The first-order chi connectivity index (χ1) is 7.10. The minimum absolute atomic E-state index is 0.00757. The molecule has 86 valence electrons. The average Bonchev–Trinajstić information content (AvgIpc) is 2.22. The number of rotatable bonds is 3. The highest BCUT2D eigenvalue weighted by atomic mass is 16.5. The van der Waals surface area contributed by atoms with Gasteiger partial charge in [0.25, 0.3) is 0 Å². The van der Waals surface area contributed by atoms with Gasteiger partial charge in [0.05, 0.1) is 18.8 Å². The van der Waals surface area contributed by atoms with E-state index in [9.17, 15) is 9.90 Å². The van der Waals surface area contributed by atoms with Crippen LogP contribution in [-0.4, -0.2) is 37.0 Å². The molecule has 0 spiro atoms. The van der Waals surface area contributed by atoms with E-state index >= 15 is 0 Å². The van der Waals surface area contributed by atoms with Crippen LogP contribution in [0.5, 0.6) is 0 Å². The van der Waals surface area contributed by atoms with Crippen LogP contribution in [-0.2, 0) is 14.3 Å². The second-order valence-corrected chi connectivity index (χ2v) is 3.74. The Kier molecular flexibility index (Phi) is 4.29. The first-order valence-electron chi connectivity index (χ1n) is 5.18. The molecule has 0 aromatic heterocycles. The lowest BCUT2D eigenvalue weighted by atomic mass is 9.86. The van der Waals surface area contributed by atoms with Crippen LogP contribution < -0.4 is 0 Å². The summed E-state index contributed by atoms with van der Waals surface area (Å²) < 4.78 is 10.1.